The molecule has 1 fully saturated rings. The monoisotopic (exact) mass is 493 g/mol. The molecular formula is C27H31N3O4S. The summed E-state index contributed by atoms with van der Waals surface area (Å²) in [5, 5.41) is 2.91. The normalized spacial score (nSPS) is 16.6. The van der Waals surface area contributed by atoms with Crippen LogP contribution in [0.3, 0.4) is 0 Å². The van der Waals surface area contributed by atoms with E-state index in [0.29, 0.717) is 17.8 Å². The van der Waals surface area contributed by atoms with Crippen LogP contribution in [0.15, 0.2) is 83.8 Å². The molecule has 0 aromatic heterocycles. The first kappa shape index (κ1) is 24.9. The lowest BCUT2D eigenvalue weighted by molar-refractivity contribution is -0.0212. The minimum absolute atomic E-state index is 0.0678. The summed E-state index contributed by atoms with van der Waals surface area (Å²) < 4.78 is 33.0. The number of ether oxygens (including phenoxy) is 1. The maximum atomic E-state index is 13.1. The molecule has 0 saturated carbocycles. The lowest BCUT2D eigenvalue weighted by Crippen LogP contribution is -2.40. The minimum Gasteiger partial charge on any atom is -0.376 e. The minimum atomic E-state index is -3.80. The second kappa shape index (κ2) is 11.0. The molecule has 8 heteroatoms. The van der Waals surface area contributed by atoms with Crippen LogP contribution < -0.4 is 9.62 Å². The molecule has 3 aromatic rings. The Hall–Kier alpha value is -3.20. The fraction of sp³-hybridized carbons (Fsp3) is 0.296. The molecule has 1 heterocycles. The van der Waals surface area contributed by atoms with E-state index in [9.17, 15) is 13.2 Å². The number of amides is 1. The van der Waals surface area contributed by atoms with Crippen molar-refractivity contribution in [1.29, 1.82) is 0 Å². The van der Waals surface area contributed by atoms with Crippen molar-refractivity contribution in [2.45, 2.75) is 31.0 Å². The number of morpholine rings is 1. The van der Waals surface area contributed by atoms with E-state index in [1.807, 2.05) is 18.2 Å². The molecule has 0 radical (unpaired) electrons. The van der Waals surface area contributed by atoms with E-state index in [2.05, 4.69) is 29.3 Å². The molecule has 1 amide bonds. The van der Waals surface area contributed by atoms with Crippen LogP contribution in [0.2, 0.25) is 0 Å². The molecule has 4 rings (SSSR count). The molecule has 0 aliphatic carbocycles. The zero-order valence-electron chi connectivity index (χ0n) is 20.1. The fourth-order valence-electron chi connectivity index (χ4n) is 4.15. The van der Waals surface area contributed by atoms with Crippen molar-refractivity contribution in [3.8, 4) is 0 Å². The Balaban J connectivity index is 1.41. The molecule has 7 nitrogen and oxygen atoms in total. The highest BCUT2D eigenvalue weighted by atomic mass is 32.2. The Kier molecular flexibility index (Phi) is 7.85. The smallest absolute Gasteiger partial charge is 0.264 e. The average molecular weight is 494 g/mol. The van der Waals surface area contributed by atoms with Gasteiger partial charge in [-0.15, -0.1) is 0 Å². The molecule has 35 heavy (non-hydrogen) atoms. The van der Waals surface area contributed by atoms with Crippen LogP contribution in [0.25, 0.3) is 0 Å². The van der Waals surface area contributed by atoms with Crippen molar-refractivity contribution in [2.24, 2.45) is 0 Å². The first-order valence-electron chi connectivity index (χ1n) is 11.7. The second-order valence-electron chi connectivity index (χ2n) is 8.76. The van der Waals surface area contributed by atoms with E-state index in [0.717, 1.165) is 31.8 Å². The van der Waals surface area contributed by atoms with Crippen molar-refractivity contribution in [2.75, 3.05) is 31.0 Å². The van der Waals surface area contributed by atoms with Crippen molar-refractivity contribution >= 4 is 21.6 Å². The molecule has 184 valence electrons. The third-order valence-electron chi connectivity index (χ3n) is 6.05. The number of hydrogen-bond acceptors (Lipinski definition) is 5. The fourth-order valence-corrected chi connectivity index (χ4v) is 5.39. The third-order valence-corrected chi connectivity index (χ3v) is 7.83. The van der Waals surface area contributed by atoms with Gasteiger partial charge in [-0.2, -0.15) is 0 Å². The number of anilines is 1. The first-order chi connectivity index (χ1) is 16.8. The molecule has 1 N–H and O–H groups in total. The lowest BCUT2D eigenvalue weighted by Gasteiger charge is -2.31. The maximum absolute atomic E-state index is 13.1. The number of benzene rings is 3. The Morgan fingerprint density at radius 2 is 1.77 bits per heavy atom. The summed E-state index contributed by atoms with van der Waals surface area (Å²) in [6.45, 7) is 5.83. The summed E-state index contributed by atoms with van der Waals surface area (Å²) in [6.07, 6.45) is 0.235. The number of carbonyl (C=O) groups excluding carboxylic acids is 1. The van der Waals surface area contributed by atoms with Crippen molar-refractivity contribution in [3.05, 3.63) is 95.6 Å². The van der Waals surface area contributed by atoms with Gasteiger partial charge in [0.25, 0.3) is 15.9 Å². The van der Waals surface area contributed by atoms with Gasteiger partial charge in [0.2, 0.25) is 0 Å². The van der Waals surface area contributed by atoms with Gasteiger partial charge in [-0.25, -0.2) is 8.42 Å². The number of sulfonamides is 1. The molecule has 1 atom stereocenters. The Bertz CT molecular complexity index is 1260. The third kappa shape index (κ3) is 6.28. The summed E-state index contributed by atoms with van der Waals surface area (Å²) in [6, 6.07) is 23.1. The van der Waals surface area contributed by atoms with Gasteiger partial charge in [-0.3, -0.25) is 14.0 Å². The largest absolute Gasteiger partial charge is 0.376 e. The molecule has 1 aliphatic heterocycles. The van der Waals surface area contributed by atoms with Gasteiger partial charge in [0.15, 0.2) is 0 Å². The van der Waals surface area contributed by atoms with Gasteiger partial charge >= 0.3 is 0 Å². The summed E-state index contributed by atoms with van der Waals surface area (Å²) in [5.41, 5.74) is 3.02. The molecule has 1 saturated heterocycles. The van der Waals surface area contributed by atoms with Gasteiger partial charge in [0, 0.05) is 38.8 Å². The van der Waals surface area contributed by atoms with E-state index in [1.165, 1.54) is 29.0 Å². The molecule has 1 aliphatic rings. The highest BCUT2D eigenvalue weighted by molar-refractivity contribution is 7.92. The van der Waals surface area contributed by atoms with E-state index >= 15 is 0 Å². The number of hydrogen-bond donors (Lipinski definition) is 1. The van der Waals surface area contributed by atoms with E-state index < -0.39 is 10.0 Å². The van der Waals surface area contributed by atoms with Crippen LogP contribution in [0, 0.1) is 0 Å². The standard InChI is InChI=1S/C27H31N3O4S/c1-21-19-30(14-15-34-21)20-23-9-6-8-22(16-23)18-28-27(31)24-10-7-13-26(17-24)35(32,33)29(2)25-11-4-3-5-12-25/h3-13,16-17,21H,14-15,18-20H2,1-2H3,(H,28,31). The Morgan fingerprint density at radius 3 is 2.54 bits per heavy atom. The summed E-state index contributed by atoms with van der Waals surface area (Å²) >= 11 is 0. The van der Waals surface area contributed by atoms with Gasteiger partial charge in [-0.05, 0) is 48.4 Å². The highest BCUT2D eigenvalue weighted by Crippen LogP contribution is 2.22. The van der Waals surface area contributed by atoms with Crippen LogP contribution in [-0.4, -0.2) is 52.1 Å². The van der Waals surface area contributed by atoms with E-state index in [4.69, 9.17) is 4.74 Å². The van der Waals surface area contributed by atoms with Crippen LogP contribution in [0.4, 0.5) is 5.69 Å². The maximum Gasteiger partial charge on any atom is 0.264 e. The molecule has 1 unspecified atom stereocenters. The Labute approximate surface area is 207 Å². The van der Waals surface area contributed by atoms with E-state index in [1.54, 1.807) is 36.4 Å². The zero-order chi connectivity index (χ0) is 24.8. The zero-order valence-corrected chi connectivity index (χ0v) is 20.9. The van der Waals surface area contributed by atoms with Gasteiger partial charge < -0.3 is 10.1 Å². The molecule has 3 aromatic carbocycles. The molecule has 0 spiro atoms. The van der Waals surface area contributed by atoms with Gasteiger partial charge in [0.05, 0.1) is 23.3 Å². The summed E-state index contributed by atoms with van der Waals surface area (Å²) in [7, 11) is -2.30. The van der Waals surface area contributed by atoms with Crippen molar-refractivity contribution in [3.63, 3.8) is 0 Å². The number of carbonyl (C=O) groups is 1. The summed E-state index contributed by atoms with van der Waals surface area (Å²) in [5.74, 6) is -0.322. The molecular weight excluding hydrogens is 462 g/mol. The Morgan fingerprint density at radius 1 is 1.03 bits per heavy atom. The topological polar surface area (TPSA) is 79.0 Å². The average Bonchev–Trinajstić information content (AvgIpc) is 2.87. The van der Waals surface area contributed by atoms with Crippen molar-refractivity contribution in [1.82, 2.24) is 10.2 Å². The number of nitrogens with zero attached hydrogens (tertiary/aromatic N) is 2. The van der Waals surface area contributed by atoms with Crippen LogP contribution in [0.1, 0.15) is 28.4 Å². The van der Waals surface area contributed by atoms with Crippen LogP contribution in [0.5, 0.6) is 0 Å². The highest BCUT2D eigenvalue weighted by Gasteiger charge is 2.22. The van der Waals surface area contributed by atoms with E-state index in [-0.39, 0.29) is 16.9 Å². The van der Waals surface area contributed by atoms with Gasteiger partial charge in [0.1, 0.15) is 0 Å². The van der Waals surface area contributed by atoms with Crippen LogP contribution >= 0.6 is 0 Å². The number of para-hydroxylation sites is 1. The SMILES string of the molecule is CC1CN(Cc2cccc(CNC(=O)c3cccc(S(=O)(=O)N(C)c4ccccc4)c3)c2)CCO1. The van der Waals surface area contributed by atoms with Crippen LogP contribution in [-0.2, 0) is 27.8 Å². The van der Waals surface area contributed by atoms with Gasteiger partial charge in [-0.1, -0.05) is 48.5 Å². The molecule has 0 bridgehead atoms. The quantitative estimate of drug-likeness (QED) is 0.518. The number of rotatable bonds is 8. The summed E-state index contributed by atoms with van der Waals surface area (Å²) in [4.78, 5) is 15.3. The van der Waals surface area contributed by atoms with Crippen molar-refractivity contribution < 1.29 is 17.9 Å². The number of nitrogens with one attached hydrogen (secondary N) is 1. The predicted molar refractivity (Wildman–Crippen MR) is 137 cm³/mol. The first-order valence-corrected chi connectivity index (χ1v) is 13.1. The predicted octanol–water partition coefficient (Wildman–Crippen LogP) is 3.66. The lowest BCUT2D eigenvalue weighted by atomic mass is 10.1. The second-order valence-corrected chi connectivity index (χ2v) is 10.7.